The van der Waals surface area contributed by atoms with Gasteiger partial charge in [-0.15, -0.1) is 5.10 Å². The number of rotatable bonds is 1. The van der Waals surface area contributed by atoms with Gasteiger partial charge in [0.15, 0.2) is 11.0 Å². The van der Waals surface area contributed by atoms with E-state index in [1.165, 1.54) is 6.20 Å². The maximum Gasteiger partial charge on any atom is 0.183 e. The van der Waals surface area contributed by atoms with Crippen LogP contribution in [0.25, 0.3) is 11.4 Å². The van der Waals surface area contributed by atoms with E-state index in [1.54, 1.807) is 18.2 Å². The Morgan fingerprint density at radius 1 is 1.00 bits per heavy atom. The molecule has 3 nitrogen and oxygen atoms in total. The van der Waals surface area contributed by atoms with Crippen LogP contribution in [0.5, 0.6) is 0 Å². The van der Waals surface area contributed by atoms with E-state index in [2.05, 4.69) is 15.2 Å². The summed E-state index contributed by atoms with van der Waals surface area (Å²) < 4.78 is 0. The molecule has 0 aliphatic rings. The molecule has 1 aromatic carbocycles. The molecule has 15 heavy (non-hydrogen) atoms. The predicted octanol–water partition coefficient (Wildman–Crippen LogP) is 3.50. The average Bonchev–Trinajstić information content (AvgIpc) is 2.22. The largest absolute Gasteiger partial charge is 0.213 e. The van der Waals surface area contributed by atoms with E-state index >= 15 is 0 Å². The van der Waals surface area contributed by atoms with Gasteiger partial charge in [-0.25, -0.2) is 4.98 Å². The van der Waals surface area contributed by atoms with E-state index in [0.717, 1.165) is 5.56 Å². The predicted molar refractivity (Wildman–Crippen MR) is 60.3 cm³/mol. The Balaban J connectivity index is 2.50. The Morgan fingerprint density at radius 3 is 2.47 bits per heavy atom. The molecule has 76 valence electrons. The number of hydrogen-bond donors (Lipinski definition) is 0. The first kappa shape index (κ1) is 10.6. The second kappa shape index (κ2) is 4.31. The summed E-state index contributed by atoms with van der Waals surface area (Å²) in [6, 6.07) is 5.09. The van der Waals surface area contributed by atoms with Crippen LogP contribution in [-0.2, 0) is 0 Å². The standard InChI is InChI=1S/C9H4Cl3N3/c10-6-2-1-5(3-7(6)11)9-14-8(12)4-13-15-9/h1-4H. The van der Waals surface area contributed by atoms with Gasteiger partial charge in [0.25, 0.3) is 0 Å². The molecule has 0 fully saturated rings. The Bertz CT molecular complexity index is 502. The molecular weight excluding hydrogens is 256 g/mol. The molecule has 0 radical (unpaired) electrons. The third kappa shape index (κ3) is 2.37. The summed E-state index contributed by atoms with van der Waals surface area (Å²) in [6.07, 6.45) is 1.36. The summed E-state index contributed by atoms with van der Waals surface area (Å²) in [5.74, 6) is 0.418. The fourth-order valence-corrected chi connectivity index (χ4v) is 1.46. The van der Waals surface area contributed by atoms with Crippen LogP contribution < -0.4 is 0 Å². The van der Waals surface area contributed by atoms with Crippen LogP contribution >= 0.6 is 34.8 Å². The van der Waals surface area contributed by atoms with Gasteiger partial charge in [-0.05, 0) is 18.2 Å². The summed E-state index contributed by atoms with van der Waals surface area (Å²) >= 11 is 17.3. The first-order valence-corrected chi connectivity index (χ1v) is 5.11. The van der Waals surface area contributed by atoms with Gasteiger partial charge < -0.3 is 0 Å². The second-order valence-electron chi connectivity index (χ2n) is 2.73. The van der Waals surface area contributed by atoms with Gasteiger partial charge in [-0.1, -0.05) is 34.8 Å². The number of hydrogen-bond acceptors (Lipinski definition) is 3. The first-order valence-electron chi connectivity index (χ1n) is 3.97. The Kier molecular flexibility index (Phi) is 3.05. The smallest absolute Gasteiger partial charge is 0.183 e. The number of aromatic nitrogens is 3. The van der Waals surface area contributed by atoms with Gasteiger partial charge in [0.2, 0.25) is 0 Å². The summed E-state index contributed by atoms with van der Waals surface area (Å²) in [5, 5.41) is 8.73. The van der Waals surface area contributed by atoms with E-state index in [-0.39, 0.29) is 5.15 Å². The zero-order valence-electron chi connectivity index (χ0n) is 7.28. The zero-order valence-corrected chi connectivity index (χ0v) is 9.55. The molecule has 2 aromatic rings. The molecule has 0 aliphatic heterocycles. The Morgan fingerprint density at radius 2 is 1.80 bits per heavy atom. The van der Waals surface area contributed by atoms with Crippen LogP contribution in [0.1, 0.15) is 0 Å². The third-order valence-electron chi connectivity index (χ3n) is 1.71. The number of nitrogens with zero attached hydrogens (tertiary/aromatic N) is 3. The van der Waals surface area contributed by atoms with Crippen molar-refractivity contribution in [2.75, 3.05) is 0 Å². The molecule has 0 amide bonds. The Labute approximate surface area is 101 Å². The highest BCUT2D eigenvalue weighted by Gasteiger charge is 2.05. The molecule has 1 aromatic heterocycles. The fourth-order valence-electron chi connectivity index (χ4n) is 1.04. The molecule has 0 aliphatic carbocycles. The first-order chi connectivity index (χ1) is 7.16. The monoisotopic (exact) mass is 259 g/mol. The van der Waals surface area contributed by atoms with E-state index < -0.39 is 0 Å². The lowest BCUT2D eigenvalue weighted by Crippen LogP contribution is -1.91. The minimum atomic E-state index is 0.283. The van der Waals surface area contributed by atoms with Gasteiger partial charge in [0, 0.05) is 5.56 Å². The highest BCUT2D eigenvalue weighted by molar-refractivity contribution is 6.42. The average molecular weight is 261 g/mol. The molecule has 0 N–H and O–H groups in total. The van der Waals surface area contributed by atoms with Crippen molar-refractivity contribution in [2.45, 2.75) is 0 Å². The van der Waals surface area contributed by atoms with E-state index in [9.17, 15) is 0 Å². The van der Waals surface area contributed by atoms with Crippen LogP contribution in [0.4, 0.5) is 0 Å². The van der Waals surface area contributed by atoms with Gasteiger partial charge >= 0.3 is 0 Å². The lowest BCUT2D eigenvalue weighted by Gasteiger charge is -2.00. The SMILES string of the molecule is Clc1cnnc(-c2ccc(Cl)c(Cl)c2)n1. The molecule has 0 saturated heterocycles. The Hall–Kier alpha value is -0.900. The summed E-state index contributed by atoms with van der Waals surface area (Å²) in [7, 11) is 0. The molecule has 0 atom stereocenters. The number of halogens is 3. The normalized spacial score (nSPS) is 10.3. The van der Waals surface area contributed by atoms with Crippen LogP contribution in [0, 0.1) is 0 Å². The van der Waals surface area contributed by atoms with Crippen molar-refractivity contribution in [1.29, 1.82) is 0 Å². The molecule has 1 heterocycles. The third-order valence-corrected chi connectivity index (χ3v) is 2.63. The van der Waals surface area contributed by atoms with Crippen molar-refractivity contribution in [3.8, 4) is 11.4 Å². The molecule has 0 bridgehead atoms. The van der Waals surface area contributed by atoms with Crippen LogP contribution in [0.3, 0.4) is 0 Å². The quantitative estimate of drug-likeness (QED) is 0.788. The van der Waals surface area contributed by atoms with E-state index in [1.807, 2.05) is 0 Å². The number of benzene rings is 1. The summed E-state index contributed by atoms with van der Waals surface area (Å²) in [6.45, 7) is 0. The highest BCUT2D eigenvalue weighted by atomic mass is 35.5. The van der Waals surface area contributed by atoms with E-state index in [4.69, 9.17) is 34.8 Å². The van der Waals surface area contributed by atoms with Crippen molar-refractivity contribution in [3.63, 3.8) is 0 Å². The van der Waals surface area contributed by atoms with Crippen LogP contribution in [0.2, 0.25) is 15.2 Å². The van der Waals surface area contributed by atoms with Crippen molar-refractivity contribution >= 4 is 34.8 Å². The minimum absolute atomic E-state index is 0.283. The molecule has 0 spiro atoms. The van der Waals surface area contributed by atoms with Gasteiger partial charge in [0.05, 0.1) is 16.2 Å². The van der Waals surface area contributed by atoms with Crippen molar-refractivity contribution < 1.29 is 0 Å². The van der Waals surface area contributed by atoms with Crippen LogP contribution in [-0.4, -0.2) is 15.2 Å². The second-order valence-corrected chi connectivity index (χ2v) is 3.93. The van der Waals surface area contributed by atoms with Crippen LogP contribution in [0.15, 0.2) is 24.4 Å². The van der Waals surface area contributed by atoms with Gasteiger partial charge in [-0.3, -0.25) is 0 Å². The van der Waals surface area contributed by atoms with Gasteiger partial charge in [0.1, 0.15) is 0 Å². The zero-order chi connectivity index (χ0) is 10.8. The lowest BCUT2D eigenvalue weighted by atomic mass is 10.2. The molecule has 0 unspecified atom stereocenters. The molecule has 0 saturated carbocycles. The van der Waals surface area contributed by atoms with Crippen molar-refractivity contribution in [2.24, 2.45) is 0 Å². The highest BCUT2D eigenvalue weighted by Crippen LogP contribution is 2.26. The molecular formula is C9H4Cl3N3. The maximum absolute atomic E-state index is 5.86. The van der Waals surface area contributed by atoms with Gasteiger partial charge in [-0.2, -0.15) is 5.10 Å². The fraction of sp³-hybridized carbons (Fsp3) is 0. The van der Waals surface area contributed by atoms with E-state index in [0.29, 0.717) is 15.9 Å². The summed E-state index contributed by atoms with van der Waals surface area (Å²) in [4.78, 5) is 4.00. The topological polar surface area (TPSA) is 38.7 Å². The lowest BCUT2D eigenvalue weighted by molar-refractivity contribution is 0.980. The molecule has 2 rings (SSSR count). The minimum Gasteiger partial charge on any atom is -0.213 e. The maximum atomic E-state index is 5.86. The summed E-state index contributed by atoms with van der Waals surface area (Å²) in [5.41, 5.74) is 0.722. The molecule has 6 heteroatoms. The van der Waals surface area contributed by atoms with Crippen molar-refractivity contribution in [1.82, 2.24) is 15.2 Å². The van der Waals surface area contributed by atoms with Crippen molar-refractivity contribution in [3.05, 3.63) is 39.6 Å².